The van der Waals surface area contributed by atoms with Crippen molar-refractivity contribution in [1.82, 2.24) is 4.90 Å². The quantitative estimate of drug-likeness (QED) is 0.542. The van der Waals surface area contributed by atoms with Crippen molar-refractivity contribution in [1.29, 1.82) is 0 Å². The SMILES string of the molecule is CCN1CCOC[C@@H](C)C1. The van der Waals surface area contributed by atoms with Crippen molar-refractivity contribution in [2.45, 2.75) is 13.8 Å². The maximum Gasteiger partial charge on any atom is 0.0593 e. The average molecular weight is 143 g/mol. The smallest absolute Gasteiger partial charge is 0.0593 e. The van der Waals surface area contributed by atoms with Crippen LogP contribution in [0.5, 0.6) is 0 Å². The molecule has 60 valence electrons. The second kappa shape index (κ2) is 3.94. The highest BCUT2D eigenvalue weighted by Crippen LogP contribution is 2.04. The van der Waals surface area contributed by atoms with Crippen molar-refractivity contribution in [3.8, 4) is 0 Å². The van der Waals surface area contributed by atoms with Crippen molar-refractivity contribution in [3.63, 3.8) is 0 Å². The van der Waals surface area contributed by atoms with Crippen LogP contribution in [0, 0.1) is 5.92 Å². The zero-order chi connectivity index (χ0) is 7.40. The largest absolute Gasteiger partial charge is 0.380 e. The number of ether oxygens (including phenoxy) is 1. The van der Waals surface area contributed by atoms with E-state index in [1.807, 2.05) is 0 Å². The standard InChI is InChI=1S/C8H17NO/c1-3-9-4-5-10-7-8(2)6-9/h8H,3-7H2,1-2H3/t8-/m0/s1. The van der Waals surface area contributed by atoms with E-state index in [9.17, 15) is 0 Å². The molecule has 1 aliphatic rings. The van der Waals surface area contributed by atoms with Crippen LogP contribution in [0.15, 0.2) is 0 Å². The molecule has 0 aromatic heterocycles. The molecule has 0 radical (unpaired) electrons. The van der Waals surface area contributed by atoms with Crippen LogP contribution in [0.25, 0.3) is 0 Å². The van der Waals surface area contributed by atoms with Crippen LogP contribution >= 0.6 is 0 Å². The van der Waals surface area contributed by atoms with Gasteiger partial charge in [-0.25, -0.2) is 0 Å². The maximum absolute atomic E-state index is 5.40. The van der Waals surface area contributed by atoms with Crippen LogP contribution in [-0.2, 0) is 4.74 Å². The number of hydrogen-bond acceptors (Lipinski definition) is 2. The molecule has 0 bridgehead atoms. The molecule has 0 aromatic carbocycles. The Morgan fingerprint density at radius 1 is 1.60 bits per heavy atom. The van der Waals surface area contributed by atoms with Crippen LogP contribution in [0.2, 0.25) is 0 Å². The average Bonchev–Trinajstić information content (AvgIpc) is 2.13. The first-order valence-electron chi connectivity index (χ1n) is 4.13. The molecule has 1 rings (SSSR count). The molecule has 0 unspecified atom stereocenters. The highest BCUT2D eigenvalue weighted by atomic mass is 16.5. The van der Waals surface area contributed by atoms with Crippen LogP contribution in [0.1, 0.15) is 13.8 Å². The molecular formula is C8H17NO. The molecule has 0 amide bonds. The van der Waals surface area contributed by atoms with Crippen LogP contribution < -0.4 is 0 Å². The van der Waals surface area contributed by atoms with E-state index in [2.05, 4.69) is 18.7 Å². The zero-order valence-corrected chi connectivity index (χ0v) is 6.97. The summed E-state index contributed by atoms with van der Waals surface area (Å²) in [5.74, 6) is 0.711. The Morgan fingerprint density at radius 2 is 2.40 bits per heavy atom. The van der Waals surface area contributed by atoms with Gasteiger partial charge in [0.25, 0.3) is 0 Å². The van der Waals surface area contributed by atoms with Gasteiger partial charge < -0.3 is 9.64 Å². The molecular weight excluding hydrogens is 126 g/mol. The Morgan fingerprint density at radius 3 is 3.10 bits per heavy atom. The molecule has 1 saturated heterocycles. The van der Waals surface area contributed by atoms with E-state index >= 15 is 0 Å². The lowest BCUT2D eigenvalue weighted by atomic mass is 10.2. The van der Waals surface area contributed by atoms with E-state index < -0.39 is 0 Å². The van der Waals surface area contributed by atoms with E-state index in [4.69, 9.17) is 4.74 Å². The monoisotopic (exact) mass is 143 g/mol. The zero-order valence-electron chi connectivity index (χ0n) is 6.97. The topological polar surface area (TPSA) is 12.5 Å². The Labute approximate surface area is 63.2 Å². The third kappa shape index (κ3) is 2.27. The van der Waals surface area contributed by atoms with Crippen LogP contribution in [0.3, 0.4) is 0 Å². The highest BCUT2D eigenvalue weighted by Gasteiger charge is 2.12. The van der Waals surface area contributed by atoms with Gasteiger partial charge in [0, 0.05) is 13.1 Å². The fraction of sp³-hybridized carbons (Fsp3) is 1.00. The Hall–Kier alpha value is -0.0800. The van der Waals surface area contributed by atoms with Gasteiger partial charge in [0.15, 0.2) is 0 Å². The predicted molar refractivity (Wildman–Crippen MR) is 42.1 cm³/mol. The molecule has 0 N–H and O–H groups in total. The highest BCUT2D eigenvalue weighted by molar-refractivity contribution is 4.64. The van der Waals surface area contributed by atoms with Crippen LogP contribution in [-0.4, -0.2) is 37.7 Å². The summed E-state index contributed by atoms with van der Waals surface area (Å²) < 4.78 is 5.40. The van der Waals surface area contributed by atoms with Crippen molar-refractivity contribution in [2.75, 3.05) is 32.8 Å². The Balaban J connectivity index is 2.30. The molecule has 10 heavy (non-hydrogen) atoms. The first-order chi connectivity index (χ1) is 4.83. The first-order valence-corrected chi connectivity index (χ1v) is 4.13. The number of likely N-dealkylation sites (N-methyl/N-ethyl adjacent to an activating group) is 1. The minimum absolute atomic E-state index is 0.711. The van der Waals surface area contributed by atoms with E-state index in [-0.39, 0.29) is 0 Å². The van der Waals surface area contributed by atoms with Gasteiger partial charge in [-0.3, -0.25) is 0 Å². The van der Waals surface area contributed by atoms with Gasteiger partial charge in [-0.2, -0.15) is 0 Å². The third-order valence-electron chi connectivity index (χ3n) is 1.97. The maximum atomic E-state index is 5.40. The summed E-state index contributed by atoms with van der Waals surface area (Å²) in [4.78, 5) is 2.44. The van der Waals surface area contributed by atoms with E-state index in [1.54, 1.807) is 0 Å². The summed E-state index contributed by atoms with van der Waals surface area (Å²) in [6, 6.07) is 0. The summed E-state index contributed by atoms with van der Waals surface area (Å²) in [7, 11) is 0. The summed E-state index contributed by atoms with van der Waals surface area (Å²) in [5.41, 5.74) is 0. The Bertz CT molecular complexity index is 95.3. The molecule has 0 spiro atoms. The minimum atomic E-state index is 0.711. The Kier molecular flexibility index (Phi) is 3.16. The normalized spacial score (nSPS) is 30.0. The molecule has 1 aliphatic heterocycles. The van der Waals surface area contributed by atoms with Gasteiger partial charge >= 0.3 is 0 Å². The second-order valence-electron chi connectivity index (χ2n) is 3.07. The molecule has 2 heteroatoms. The van der Waals surface area contributed by atoms with E-state index in [0.717, 1.165) is 26.3 Å². The van der Waals surface area contributed by atoms with Crippen molar-refractivity contribution in [3.05, 3.63) is 0 Å². The summed E-state index contributed by atoms with van der Waals surface area (Å²) in [6.07, 6.45) is 0. The molecule has 1 heterocycles. The molecule has 0 saturated carbocycles. The van der Waals surface area contributed by atoms with E-state index in [1.165, 1.54) is 6.54 Å². The number of hydrogen-bond donors (Lipinski definition) is 0. The lowest BCUT2D eigenvalue weighted by Gasteiger charge is -2.18. The predicted octanol–water partition coefficient (Wildman–Crippen LogP) is 0.975. The number of rotatable bonds is 1. The van der Waals surface area contributed by atoms with Gasteiger partial charge in [-0.1, -0.05) is 13.8 Å². The van der Waals surface area contributed by atoms with Gasteiger partial charge in [-0.05, 0) is 12.5 Å². The summed E-state index contributed by atoms with van der Waals surface area (Å²) >= 11 is 0. The van der Waals surface area contributed by atoms with Crippen molar-refractivity contribution in [2.24, 2.45) is 5.92 Å². The summed E-state index contributed by atoms with van der Waals surface area (Å²) in [5, 5.41) is 0. The fourth-order valence-corrected chi connectivity index (χ4v) is 1.35. The summed E-state index contributed by atoms with van der Waals surface area (Å²) in [6.45, 7) is 9.78. The first kappa shape index (κ1) is 8.02. The van der Waals surface area contributed by atoms with Gasteiger partial charge in [-0.15, -0.1) is 0 Å². The van der Waals surface area contributed by atoms with Gasteiger partial charge in [0.05, 0.1) is 13.2 Å². The van der Waals surface area contributed by atoms with Gasteiger partial charge in [0.1, 0.15) is 0 Å². The lowest BCUT2D eigenvalue weighted by molar-refractivity contribution is 0.126. The molecule has 0 aromatic rings. The third-order valence-corrected chi connectivity index (χ3v) is 1.97. The van der Waals surface area contributed by atoms with Crippen LogP contribution in [0.4, 0.5) is 0 Å². The molecule has 0 aliphatic carbocycles. The minimum Gasteiger partial charge on any atom is -0.380 e. The van der Waals surface area contributed by atoms with E-state index in [0.29, 0.717) is 5.92 Å². The second-order valence-corrected chi connectivity index (χ2v) is 3.07. The van der Waals surface area contributed by atoms with Crippen molar-refractivity contribution >= 4 is 0 Å². The lowest BCUT2D eigenvalue weighted by Crippen LogP contribution is -2.28. The van der Waals surface area contributed by atoms with Gasteiger partial charge in [0.2, 0.25) is 0 Å². The molecule has 2 nitrogen and oxygen atoms in total. The fourth-order valence-electron chi connectivity index (χ4n) is 1.35. The molecule has 1 atom stereocenters. The van der Waals surface area contributed by atoms with Crippen molar-refractivity contribution < 1.29 is 4.74 Å². The number of nitrogens with zero attached hydrogens (tertiary/aromatic N) is 1. The molecule has 1 fully saturated rings.